The third-order valence-corrected chi connectivity index (χ3v) is 5.42. The van der Waals surface area contributed by atoms with Gasteiger partial charge in [0.25, 0.3) is 5.91 Å². The van der Waals surface area contributed by atoms with E-state index in [0.717, 1.165) is 29.3 Å². The number of piperazine rings is 1. The molecule has 8 heteroatoms. The second kappa shape index (κ2) is 7.48. The van der Waals surface area contributed by atoms with Crippen LogP contribution in [0, 0.1) is 0 Å². The number of amides is 1. The number of pyridine rings is 1. The Balaban J connectivity index is 1.39. The van der Waals surface area contributed by atoms with E-state index >= 15 is 0 Å². The maximum atomic E-state index is 12.4. The first-order chi connectivity index (χ1) is 13.1. The lowest BCUT2D eigenvalue weighted by Gasteiger charge is -2.35. The summed E-state index contributed by atoms with van der Waals surface area (Å²) >= 11 is 1.49. The number of anilines is 1. The highest BCUT2D eigenvalue weighted by Gasteiger charge is 2.23. The molecular formula is C19H21N5O2S. The Morgan fingerprint density at radius 1 is 1.19 bits per heavy atom. The number of nitrogens with zero attached hydrogens (tertiary/aromatic N) is 5. The Bertz CT molecular complexity index is 897. The lowest BCUT2D eigenvalue weighted by atomic mass is 10.2. The molecule has 1 aliphatic rings. The fraction of sp³-hybridized carbons (Fsp3) is 0.368. The van der Waals surface area contributed by atoms with Gasteiger partial charge in [0, 0.05) is 43.9 Å². The fourth-order valence-corrected chi connectivity index (χ4v) is 3.68. The molecule has 1 aliphatic heterocycles. The van der Waals surface area contributed by atoms with E-state index in [1.54, 1.807) is 6.20 Å². The summed E-state index contributed by atoms with van der Waals surface area (Å²) < 4.78 is 5.26. The van der Waals surface area contributed by atoms with E-state index < -0.39 is 0 Å². The van der Waals surface area contributed by atoms with Gasteiger partial charge in [0.1, 0.15) is 5.82 Å². The molecule has 0 bridgehead atoms. The average Bonchev–Trinajstić information content (AvgIpc) is 3.40. The molecule has 1 amide bonds. The van der Waals surface area contributed by atoms with E-state index in [4.69, 9.17) is 4.52 Å². The van der Waals surface area contributed by atoms with Crippen LogP contribution >= 0.6 is 11.3 Å². The monoisotopic (exact) mass is 383 g/mol. The third kappa shape index (κ3) is 3.71. The molecule has 0 radical (unpaired) electrons. The number of hydrogen-bond donors (Lipinski definition) is 0. The molecule has 0 aliphatic carbocycles. The summed E-state index contributed by atoms with van der Waals surface area (Å²) in [5.41, 5.74) is 0.834. The van der Waals surface area contributed by atoms with Gasteiger partial charge in [0.05, 0.1) is 4.88 Å². The van der Waals surface area contributed by atoms with Crippen LogP contribution in [0.3, 0.4) is 0 Å². The van der Waals surface area contributed by atoms with E-state index in [1.807, 2.05) is 48.4 Å². The van der Waals surface area contributed by atoms with Crippen molar-refractivity contribution in [1.29, 1.82) is 0 Å². The maximum absolute atomic E-state index is 12.4. The van der Waals surface area contributed by atoms with Crippen molar-refractivity contribution in [3.8, 4) is 11.4 Å². The smallest absolute Gasteiger partial charge is 0.264 e. The average molecular weight is 383 g/mol. The summed E-state index contributed by atoms with van der Waals surface area (Å²) in [5.74, 6) is 2.40. The van der Waals surface area contributed by atoms with E-state index in [2.05, 4.69) is 20.0 Å². The van der Waals surface area contributed by atoms with Gasteiger partial charge in [-0.3, -0.25) is 4.79 Å². The van der Waals surface area contributed by atoms with Crippen molar-refractivity contribution in [2.24, 2.45) is 0 Å². The van der Waals surface area contributed by atoms with Crippen molar-refractivity contribution in [2.45, 2.75) is 19.8 Å². The van der Waals surface area contributed by atoms with Crippen LogP contribution in [0.25, 0.3) is 11.4 Å². The van der Waals surface area contributed by atoms with Crippen LogP contribution in [0.1, 0.15) is 35.3 Å². The van der Waals surface area contributed by atoms with Crippen LogP contribution in [0.15, 0.2) is 40.4 Å². The summed E-state index contributed by atoms with van der Waals surface area (Å²) in [4.78, 5) is 26.3. The van der Waals surface area contributed by atoms with Crippen LogP contribution < -0.4 is 4.90 Å². The quantitative estimate of drug-likeness (QED) is 0.688. The molecule has 0 N–H and O–H groups in total. The fourth-order valence-electron chi connectivity index (χ4n) is 2.99. The van der Waals surface area contributed by atoms with Crippen LogP contribution in [-0.2, 0) is 0 Å². The van der Waals surface area contributed by atoms with Gasteiger partial charge in [-0.05, 0) is 23.6 Å². The SMILES string of the molecule is CC(C)c1nc(-c2ccc(N3CCN(C(=O)c4cccs4)CC3)nc2)no1. The van der Waals surface area contributed by atoms with Crippen molar-refractivity contribution in [2.75, 3.05) is 31.1 Å². The van der Waals surface area contributed by atoms with E-state index in [0.29, 0.717) is 24.8 Å². The minimum absolute atomic E-state index is 0.117. The van der Waals surface area contributed by atoms with Gasteiger partial charge in [-0.15, -0.1) is 11.3 Å². The summed E-state index contributed by atoms with van der Waals surface area (Å²) in [7, 11) is 0. The molecular weight excluding hydrogens is 362 g/mol. The zero-order valence-corrected chi connectivity index (χ0v) is 16.1. The molecule has 0 aromatic carbocycles. The van der Waals surface area contributed by atoms with Gasteiger partial charge >= 0.3 is 0 Å². The standard InChI is InChI=1S/C19H21N5O2S/c1-13(2)18-21-17(22-26-18)14-5-6-16(20-12-14)23-7-9-24(10-8-23)19(25)15-4-3-11-27-15/h3-6,11-13H,7-10H2,1-2H3. The van der Waals surface area contributed by atoms with E-state index in [9.17, 15) is 4.79 Å². The van der Waals surface area contributed by atoms with Crippen molar-refractivity contribution < 1.29 is 9.32 Å². The molecule has 0 unspecified atom stereocenters. The molecule has 3 aromatic heterocycles. The normalized spacial score (nSPS) is 14.8. The van der Waals surface area contributed by atoms with Crippen molar-refractivity contribution in [1.82, 2.24) is 20.0 Å². The Kier molecular flexibility index (Phi) is 4.89. The highest BCUT2D eigenvalue weighted by molar-refractivity contribution is 7.12. The third-order valence-electron chi connectivity index (χ3n) is 4.56. The van der Waals surface area contributed by atoms with Crippen molar-refractivity contribution in [3.05, 3.63) is 46.6 Å². The summed E-state index contributed by atoms with van der Waals surface area (Å²) in [5, 5.41) is 5.95. The van der Waals surface area contributed by atoms with Gasteiger partial charge in [-0.25, -0.2) is 4.98 Å². The van der Waals surface area contributed by atoms with Crippen LogP contribution in [0.5, 0.6) is 0 Å². The number of carbonyl (C=O) groups excluding carboxylic acids is 1. The molecule has 0 atom stereocenters. The lowest BCUT2D eigenvalue weighted by molar-refractivity contribution is 0.0751. The van der Waals surface area contributed by atoms with Gasteiger partial charge in [-0.1, -0.05) is 25.1 Å². The largest absolute Gasteiger partial charge is 0.353 e. The van der Waals surface area contributed by atoms with E-state index in [1.165, 1.54) is 11.3 Å². The zero-order valence-electron chi connectivity index (χ0n) is 15.3. The minimum atomic E-state index is 0.117. The molecule has 3 aromatic rings. The summed E-state index contributed by atoms with van der Waals surface area (Å²) in [6.07, 6.45) is 1.77. The molecule has 140 valence electrons. The number of rotatable bonds is 4. The highest BCUT2D eigenvalue weighted by Crippen LogP contribution is 2.22. The van der Waals surface area contributed by atoms with Gasteiger partial charge in [0.15, 0.2) is 0 Å². The minimum Gasteiger partial charge on any atom is -0.353 e. The second-order valence-corrected chi connectivity index (χ2v) is 7.72. The van der Waals surface area contributed by atoms with Crippen LogP contribution in [0.2, 0.25) is 0 Å². The van der Waals surface area contributed by atoms with Crippen LogP contribution in [0.4, 0.5) is 5.82 Å². The first kappa shape index (κ1) is 17.7. The van der Waals surface area contributed by atoms with Crippen molar-refractivity contribution >= 4 is 23.1 Å². The first-order valence-electron chi connectivity index (χ1n) is 8.99. The Morgan fingerprint density at radius 2 is 2.00 bits per heavy atom. The number of thiophene rings is 1. The predicted molar refractivity (Wildman–Crippen MR) is 104 cm³/mol. The lowest BCUT2D eigenvalue weighted by Crippen LogP contribution is -2.48. The molecule has 7 nitrogen and oxygen atoms in total. The topological polar surface area (TPSA) is 75.4 Å². The maximum Gasteiger partial charge on any atom is 0.264 e. The molecule has 27 heavy (non-hydrogen) atoms. The number of carbonyl (C=O) groups is 1. The highest BCUT2D eigenvalue weighted by atomic mass is 32.1. The molecule has 1 fully saturated rings. The molecule has 1 saturated heterocycles. The Labute approximate surface area is 161 Å². The first-order valence-corrected chi connectivity index (χ1v) is 9.87. The van der Waals surface area contributed by atoms with E-state index in [-0.39, 0.29) is 11.8 Å². The Morgan fingerprint density at radius 3 is 2.59 bits per heavy atom. The molecule has 0 spiro atoms. The summed E-state index contributed by atoms with van der Waals surface area (Å²) in [6, 6.07) is 7.72. The number of aromatic nitrogens is 3. The van der Waals surface area contributed by atoms with Gasteiger partial charge in [0.2, 0.25) is 11.7 Å². The molecule has 0 saturated carbocycles. The van der Waals surface area contributed by atoms with Crippen LogP contribution in [-0.4, -0.2) is 52.1 Å². The Hall–Kier alpha value is -2.74. The zero-order chi connectivity index (χ0) is 18.8. The number of hydrogen-bond acceptors (Lipinski definition) is 7. The predicted octanol–water partition coefficient (Wildman–Crippen LogP) is 3.28. The van der Waals surface area contributed by atoms with Gasteiger partial charge in [-0.2, -0.15) is 4.98 Å². The van der Waals surface area contributed by atoms with Crippen molar-refractivity contribution in [3.63, 3.8) is 0 Å². The summed E-state index contributed by atoms with van der Waals surface area (Å²) in [6.45, 7) is 6.96. The molecule has 4 heterocycles. The molecule has 4 rings (SSSR count). The van der Waals surface area contributed by atoms with Gasteiger partial charge < -0.3 is 14.3 Å². The second-order valence-electron chi connectivity index (χ2n) is 6.77.